The van der Waals surface area contributed by atoms with E-state index in [1.807, 2.05) is 6.07 Å². The van der Waals surface area contributed by atoms with Crippen LogP contribution in [0.2, 0.25) is 0 Å². The van der Waals surface area contributed by atoms with E-state index in [1.165, 1.54) is 6.20 Å². The molecule has 3 aromatic heterocycles. The van der Waals surface area contributed by atoms with Crippen LogP contribution in [0, 0.1) is 0 Å². The predicted octanol–water partition coefficient (Wildman–Crippen LogP) is 2.31. The standard InChI is InChI=1S/C22H27N7O3/c1-23-19-11-18(26-17-7-4-8-28(22(17)31)14-9-15(10-14)32-2)27-20-16(12-24-29(19)20)21(30)25-13-5-3-6-13/h4,7-8,11-15,23H,3,5-6,9-10H2,1-2H3,(H,25,30)(H,26,27)/t14-,15-. The summed E-state index contributed by atoms with van der Waals surface area (Å²) < 4.78 is 8.67. The van der Waals surface area contributed by atoms with Crippen LogP contribution in [0.1, 0.15) is 48.5 Å². The second-order valence-electron chi connectivity index (χ2n) is 8.41. The van der Waals surface area contributed by atoms with Crippen LogP contribution in [0.4, 0.5) is 17.3 Å². The summed E-state index contributed by atoms with van der Waals surface area (Å²) in [5.41, 5.74) is 1.14. The summed E-state index contributed by atoms with van der Waals surface area (Å²) in [6.07, 6.45) is 8.32. The maximum absolute atomic E-state index is 13.0. The van der Waals surface area contributed by atoms with Gasteiger partial charge in [0.05, 0.1) is 12.3 Å². The zero-order valence-electron chi connectivity index (χ0n) is 18.2. The molecule has 3 N–H and O–H groups in total. The number of aromatic nitrogens is 4. The van der Waals surface area contributed by atoms with E-state index in [2.05, 4.69) is 26.0 Å². The molecule has 0 saturated heterocycles. The van der Waals surface area contributed by atoms with Gasteiger partial charge in [-0.05, 0) is 44.2 Å². The highest BCUT2D eigenvalue weighted by Gasteiger charge is 2.31. The number of carbonyl (C=O) groups excluding carboxylic acids is 1. The third kappa shape index (κ3) is 3.60. The van der Waals surface area contributed by atoms with Crippen LogP contribution in [-0.4, -0.2) is 51.4 Å². The first kappa shape index (κ1) is 20.5. The molecule has 0 radical (unpaired) electrons. The molecule has 2 fully saturated rings. The smallest absolute Gasteiger partial charge is 0.274 e. The number of nitrogens with one attached hydrogen (secondary N) is 3. The van der Waals surface area contributed by atoms with Gasteiger partial charge in [-0.25, -0.2) is 4.98 Å². The Morgan fingerprint density at radius 3 is 2.78 bits per heavy atom. The fourth-order valence-electron chi connectivity index (χ4n) is 4.17. The SMILES string of the molecule is CNc1cc(Nc2cccn([C@H]3C[C@H](OC)C3)c2=O)nc2c(C(=O)NC3CCC3)cnn12. The fraction of sp³-hybridized carbons (Fsp3) is 0.455. The monoisotopic (exact) mass is 437 g/mol. The quantitative estimate of drug-likeness (QED) is 0.520. The van der Waals surface area contributed by atoms with Gasteiger partial charge in [0.15, 0.2) is 5.65 Å². The molecule has 1 amide bonds. The summed E-state index contributed by atoms with van der Waals surface area (Å²) in [5.74, 6) is 0.924. The number of hydrogen-bond donors (Lipinski definition) is 3. The van der Waals surface area contributed by atoms with E-state index >= 15 is 0 Å². The van der Waals surface area contributed by atoms with E-state index in [-0.39, 0.29) is 29.7 Å². The number of amides is 1. The van der Waals surface area contributed by atoms with Crippen molar-refractivity contribution in [3.05, 3.63) is 46.5 Å². The van der Waals surface area contributed by atoms with E-state index in [0.717, 1.165) is 32.1 Å². The van der Waals surface area contributed by atoms with Crippen molar-refractivity contribution in [1.29, 1.82) is 0 Å². The number of anilines is 3. The lowest BCUT2D eigenvalue weighted by atomic mass is 9.89. The lowest BCUT2D eigenvalue weighted by Gasteiger charge is -2.35. The number of pyridine rings is 1. The predicted molar refractivity (Wildman–Crippen MR) is 121 cm³/mol. The third-order valence-corrected chi connectivity index (χ3v) is 6.45. The average Bonchev–Trinajstić information content (AvgIpc) is 3.16. The first-order valence-corrected chi connectivity index (χ1v) is 11.0. The van der Waals surface area contributed by atoms with Crippen LogP contribution >= 0.6 is 0 Å². The molecule has 0 aromatic carbocycles. The van der Waals surface area contributed by atoms with Crippen LogP contribution < -0.4 is 21.5 Å². The van der Waals surface area contributed by atoms with Gasteiger partial charge in [-0.1, -0.05) is 0 Å². The van der Waals surface area contributed by atoms with Crippen molar-refractivity contribution >= 4 is 28.9 Å². The van der Waals surface area contributed by atoms with Gasteiger partial charge in [0.2, 0.25) is 0 Å². The summed E-state index contributed by atoms with van der Waals surface area (Å²) in [6, 6.07) is 5.69. The first-order valence-electron chi connectivity index (χ1n) is 11.0. The molecule has 2 aliphatic rings. The van der Waals surface area contributed by atoms with Gasteiger partial charge >= 0.3 is 0 Å². The molecular weight excluding hydrogens is 410 g/mol. The van der Waals surface area contributed by atoms with E-state index in [9.17, 15) is 9.59 Å². The molecule has 32 heavy (non-hydrogen) atoms. The molecule has 0 spiro atoms. The molecular formula is C22H27N7O3. The maximum atomic E-state index is 13.0. The summed E-state index contributed by atoms with van der Waals surface area (Å²) in [7, 11) is 3.46. The Morgan fingerprint density at radius 1 is 1.28 bits per heavy atom. The van der Waals surface area contributed by atoms with E-state index < -0.39 is 0 Å². The van der Waals surface area contributed by atoms with Crippen LogP contribution in [-0.2, 0) is 4.74 Å². The van der Waals surface area contributed by atoms with Crippen molar-refractivity contribution in [1.82, 2.24) is 24.5 Å². The van der Waals surface area contributed by atoms with Crippen molar-refractivity contribution in [3.63, 3.8) is 0 Å². The summed E-state index contributed by atoms with van der Waals surface area (Å²) in [5, 5.41) is 13.6. The number of carbonyl (C=O) groups is 1. The van der Waals surface area contributed by atoms with Gasteiger partial charge in [-0.15, -0.1) is 0 Å². The van der Waals surface area contributed by atoms with Crippen LogP contribution in [0.3, 0.4) is 0 Å². The minimum atomic E-state index is -0.184. The van der Waals surface area contributed by atoms with Crippen molar-refractivity contribution < 1.29 is 9.53 Å². The van der Waals surface area contributed by atoms with Gasteiger partial charge in [-0.2, -0.15) is 9.61 Å². The normalized spacial score (nSPS) is 20.4. The van der Waals surface area contributed by atoms with Gasteiger partial charge in [0.25, 0.3) is 11.5 Å². The zero-order valence-corrected chi connectivity index (χ0v) is 18.2. The van der Waals surface area contributed by atoms with E-state index in [4.69, 9.17) is 4.74 Å². The van der Waals surface area contributed by atoms with E-state index in [1.54, 1.807) is 41.6 Å². The Hall–Kier alpha value is -3.40. The Balaban J connectivity index is 1.45. The molecule has 10 heteroatoms. The molecule has 3 aromatic rings. The van der Waals surface area contributed by atoms with Crippen molar-refractivity contribution in [2.24, 2.45) is 0 Å². The highest BCUT2D eigenvalue weighted by Crippen LogP contribution is 2.33. The number of hydrogen-bond acceptors (Lipinski definition) is 7. The number of fused-ring (bicyclic) bond motifs is 1. The summed E-state index contributed by atoms with van der Waals surface area (Å²) in [6.45, 7) is 0. The minimum absolute atomic E-state index is 0.115. The van der Waals surface area contributed by atoms with Crippen molar-refractivity contribution in [3.8, 4) is 0 Å². The fourth-order valence-corrected chi connectivity index (χ4v) is 4.17. The Labute approximate surface area is 185 Å². The highest BCUT2D eigenvalue weighted by molar-refractivity contribution is 6.00. The Bertz CT molecular complexity index is 1210. The Kier molecular flexibility index (Phi) is 5.30. The van der Waals surface area contributed by atoms with Gasteiger partial charge in [0, 0.05) is 38.5 Å². The maximum Gasteiger partial charge on any atom is 0.274 e. The number of methoxy groups -OCH3 is 1. The van der Waals surface area contributed by atoms with Crippen LogP contribution in [0.15, 0.2) is 35.4 Å². The molecule has 2 aliphatic carbocycles. The lowest BCUT2D eigenvalue weighted by molar-refractivity contribution is 0.00522. The molecule has 0 unspecified atom stereocenters. The highest BCUT2D eigenvalue weighted by atomic mass is 16.5. The Morgan fingerprint density at radius 2 is 2.09 bits per heavy atom. The van der Waals surface area contributed by atoms with Crippen molar-refractivity contribution in [2.45, 2.75) is 50.3 Å². The largest absolute Gasteiger partial charge is 0.381 e. The summed E-state index contributed by atoms with van der Waals surface area (Å²) in [4.78, 5) is 30.4. The van der Waals surface area contributed by atoms with Crippen LogP contribution in [0.5, 0.6) is 0 Å². The molecule has 5 rings (SSSR count). The molecule has 168 valence electrons. The third-order valence-electron chi connectivity index (χ3n) is 6.45. The average molecular weight is 438 g/mol. The van der Waals surface area contributed by atoms with Gasteiger partial charge in [-0.3, -0.25) is 9.59 Å². The second kappa shape index (κ2) is 8.27. The van der Waals surface area contributed by atoms with E-state index in [0.29, 0.717) is 28.5 Å². The van der Waals surface area contributed by atoms with Gasteiger partial charge in [0.1, 0.15) is 22.9 Å². The zero-order chi connectivity index (χ0) is 22.2. The van der Waals surface area contributed by atoms with Gasteiger partial charge < -0.3 is 25.3 Å². The number of rotatable bonds is 7. The van der Waals surface area contributed by atoms with Crippen LogP contribution in [0.25, 0.3) is 5.65 Å². The molecule has 10 nitrogen and oxygen atoms in total. The second-order valence-corrected chi connectivity index (χ2v) is 8.41. The molecule has 0 aliphatic heterocycles. The lowest BCUT2D eigenvalue weighted by Crippen LogP contribution is -2.39. The van der Waals surface area contributed by atoms with Crippen molar-refractivity contribution in [2.75, 3.05) is 24.8 Å². The molecule has 3 heterocycles. The first-order chi connectivity index (χ1) is 15.6. The molecule has 0 atom stereocenters. The molecule has 2 saturated carbocycles. The minimum Gasteiger partial charge on any atom is -0.381 e. The number of ether oxygens (including phenoxy) is 1. The summed E-state index contributed by atoms with van der Waals surface area (Å²) >= 11 is 0. The molecule has 0 bridgehead atoms. The topological polar surface area (TPSA) is 115 Å². The number of nitrogens with zero attached hydrogens (tertiary/aromatic N) is 4.